The third kappa shape index (κ3) is 6.11. The van der Waals surface area contributed by atoms with Crippen LogP contribution in [-0.4, -0.2) is 18.3 Å². The fourth-order valence-corrected chi connectivity index (χ4v) is 2.35. The van der Waals surface area contributed by atoms with Crippen LogP contribution in [0.25, 0.3) is 0 Å². The van der Waals surface area contributed by atoms with E-state index >= 15 is 0 Å². The fraction of sp³-hybridized carbons (Fsp3) is 0.562. The maximum absolute atomic E-state index is 12.1. The molecule has 1 amide bonds. The molecule has 1 unspecified atom stereocenters. The van der Waals surface area contributed by atoms with Crippen molar-refractivity contribution in [2.75, 3.05) is 12.4 Å². The molecule has 0 aliphatic heterocycles. The Morgan fingerprint density at radius 1 is 1.16 bits per heavy atom. The normalized spacial score (nSPS) is 12.1. The van der Waals surface area contributed by atoms with Crippen LogP contribution in [0.4, 0.5) is 0 Å². The van der Waals surface area contributed by atoms with Gasteiger partial charge in [-0.15, -0.1) is 11.6 Å². The number of rotatable bonds is 9. The average molecular weight is 282 g/mol. The number of carbonyl (C=O) groups excluding carboxylic acids is 1. The maximum atomic E-state index is 12.1. The number of alkyl halides is 1. The predicted octanol–water partition coefficient (Wildman–Crippen LogP) is 4.10. The summed E-state index contributed by atoms with van der Waals surface area (Å²) in [5.41, 5.74) is 1.10. The van der Waals surface area contributed by atoms with Crippen LogP contribution in [0.15, 0.2) is 30.3 Å². The first-order valence-corrected chi connectivity index (χ1v) is 7.71. The van der Waals surface area contributed by atoms with Gasteiger partial charge in [0.2, 0.25) is 5.91 Å². The monoisotopic (exact) mass is 281 g/mol. The zero-order valence-corrected chi connectivity index (χ0v) is 12.5. The van der Waals surface area contributed by atoms with Gasteiger partial charge in [-0.1, -0.05) is 50.1 Å². The quantitative estimate of drug-likeness (QED) is 0.536. The van der Waals surface area contributed by atoms with E-state index in [-0.39, 0.29) is 11.8 Å². The minimum atomic E-state index is -0.0240. The van der Waals surface area contributed by atoms with Crippen molar-refractivity contribution in [2.45, 2.75) is 44.9 Å². The van der Waals surface area contributed by atoms with Crippen LogP contribution in [0.3, 0.4) is 0 Å². The van der Waals surface area contributed by atoms with E-state index in [9.17, 15) is 4.79 Å². The standard InChI is InChI=1S/C16H24ClNO/c1-2-15(14-10-6-5-7-11-14)16(19)18-13-9-4-3-8-12-17/h5-7,10-11,15H,2-4,8-9,12-13H2,1H3,(H,18,19). The van der Waals surface area contributed by atoms with E-state index in [0.29, 0.717) is 0 Å². The van der Waals surface area contributed by atoms with Crippen molar-refractivity contribution in [3.8, 4) is 0 Å². The van der Waals surface area contributed by atoms with Crippen molar-refractivity contribution in [3.63, 3.8) is 0 Å². The Kier molecular flexibility index (Phi) is 8.31. The lowest BCUT2D eigenvalue weighted by Crippen LogP contribution is -2.29. The van der Waals surface area contributed by atoms with Crippen LogP contribution in [0.2, 0.25) is 0 Å². The van der Waals surface area contributed by atoms with Gasteiger partial charge in [-0.3, -0.25) is 4.79 Å². The molecule has 2 nitrogen and oxygen atoms in total. The summed E-state index contributed by atoms with van der Waals surface area (Å²) in [6, 6.07) is 9.99. The number of halogens is 1. The molecular weight excluding hydrogens is 258 g/mol. The zero-order chi connectivity index (χ0) is 13.9. The molecule has 0 aliphatic rings. The van der Waals surface area contributed by atoms with Gasteiger partial charge in [0.1, 0.15) is 0 Å². The maximum Gasteiger partial charge on any atom is 0.227 e. The van der Waals surface area contributed by atoms with Gasteiger partial charge in [0.25, 0.3) is 0 Å². The first-order chi connectivity index (χ1) is 9.29. The number of hydrogen-bond donors (Lipinski definition) is 1. The third-order valence-corrected chi connectivity index (χ3v) is 3.55. The molecule has 0 radical (unpaired) electrons. The molecule has 3 heteroatoms. The van der Waals surface area contributed by atoms with E-state index in [1.807, 2.05) is 30.3 Å². The smallest absolute Gasteiger partial charge is 0.227 e. The van der Waals surface area contributed by atoms with Crippen LogP contribution in [0.5, 0.6) is 0 Å². The highest BCUT2D eigenvalue weighted by atomic mass is 35.5. The third-order valence-electron chi connectivity index (χ3n) is 3.29. The van der Waals surface area contributed by atoms with Crippen molar-refractivity contribution in [1.82, 2.24) is 5.32 Å². The Morgan fingerprint density at radius 2 is 1.84 bits per heavy atom. The fourth-order valence-electron chi connectivity index (χ4n) is 2.17. The topological polar surface area (TPSA) is 29.1 Å². The molecular formula is C16H24ClNO. The molecule has 0 aliphatic carbocycles. The number of carbonyl (C=O) groups is 1. The average Bonchev–Trinajstić information content (AvgIpc) is 2.45. The molecule has 1 N–H and O–H groups in total. The molecule has 0 aromatic heterocycles. The van der Waals surface area contributed by atoms with Crippen LogP contribution >= 0.6 is 11.6 Å². The summed E-state index contributed by atoms with van der Waals surface area (Å²) in [5.74, 6) is 0.855. The number of hydrogen-bond acceptors (Lipinski definition) is 1. The van der Waals surface area contributed by atoms with Crippen molar-refractivity contribution < 1.29 is 4.79 Å². The van der Waals surface area contributed by atoms with Crippen LogP contribution in [-0.2, 0) is 4.79 Å². The van der Waals surface area contributed by atoms with E-state index in [1.54, 1.807) is 0 Å². The highest BCUT2D eigenvalue weighted by Crippen LogP contribution is 2.19. The molecule has 19 heavy (non-hydrogen) atoms. The van der Waals surface area contributed by atoms with Crippen molar-refractivity contribution in [1.29, 1.82) is 0 Å². The number of amides is 1. The second-order valence-corrected chi connectivity index (χ2v) is 5.14. The Balaban J connectivity index is 2.31. The second kappa shape index (κ2) is 9.85. The van der Waals surface area contributed by atoms with Gasteiger partial charge in [-0.2, -0.15) is 0 Å². The first kappa shape index (κ1) is 16.0. The summed E-state index contributed by atoms with van der Waals surface area (Å²) in [7, 11) is 0. The van der Waals surface area contributed by atoms with Gasteiger partial charge >= 0.3 is 0 Å². The second-order valence-electron chi connectivity index (χ2n) is 4.77. The minimum Gasteiger partial charge on any atom is -0.356 e. The predicted molar refractivity (Wildman–Crippen MR) is 81.7 cm³/mol. The van der Waals surface area contributed by atoms with E-state index in [0.717, 1.165) is 50.1 Å². The highest BCUT2D eigenvalue weighted by Gasteiger charge is 2.17. The number of benzene rings is 1. The summed E-state index contributed by atoms with van der Waals surface area (Å²) in [6.07, 6.45) is 5.22. The van der Waals surface area contributed by atoms with Gasteiger partial charge in [0.15, 0.2) is 0 Å². The Hall–Kier alpha value is -1.02. The van der Waals surface area contributed by atoms with Crippen LogP contribution < -0.4 is 5.32 Å². The first-order valence-electron chi connectivity index (χ1n) is 7.18. The molecule has 0 saturated heterocycles. The molecule has 1 aromatic rings. The van der Waals surface area contributed by atoms with Crippen LogP contribution in [0.1, 0.15) is 50.5 Å². The van der Waals surface area contributed by atoms with Crippen molar-refractivity contribution in [2.24, 2.45) is 0 Å². The highest BCUT2D eigenvalue weighted by molar-refractivity contribution is 6.17. The molecule has 0 spiro atoms. The lowest BCUT2D eigenvalue weighted by molar-refractivity contribution is -0.122. The molecule has 0 saturated carbocycles. The largest absolute Gasteiger partial charge is 0.356 e. The Morgan fingerprint density at radius 3 is 2.47 bits per heavy atom. The summed E-state index contributed by atoms with van der Waals surface area (Å²) in [5, 5.41) is 3.04. The molecule has 0 heterocycles. The SMILES string of the molecule is CCC(C(=O)NCCCCCCCl)c1ccccc1. The van der Waals surface area contributed by atoms with Gasteiger partial charge in [-0.25, -0.2) is 0 Å². The summed E-state index contributed by atoms with van der Waals surface area (Å²) in [6.45, 7) is 2.82. The lowest BCUT2D eigenvalue weighted by atomic mass is 9.95. The van der Waals surface area contributed by atoms with Gasteiger partial charge in [-0.05, 0) is 24.8 Å². The lowest BCUT2D eigenvalue weighted by Gasteiger charge is -2.15. The van der Waals surface area contributed by atoms with Crippen molar-refractivity contribution >= 4 is 17.5 Å². The summed E-state index contributed by atoms with van der Waals surface area (Å²) in [4.78, 5) is 12.1. The van der Waals surface area contributed by atoms with E-state index in [2.05, 4.69) is 12.2 Å². The molecule has 106 valence electrons. The number of unbranched alkanes of at least 4 members (excludes halogenated alkanes) is 3. The molecule has 1 rings (SSSR count). The molecule has 0 fully saturated rings. The van der Waals surface area contributed by atoms with Crippen LogP contribution in [0, 0.1) is 0 Å². The molecule has 1 aromatic carbocycles. The van der Waals surface area contributed by atoms with Gasteiger partial charge in [0, 0.05) is 12.4 Å². The van der Waals surface area contributed by atoms with Gasteiger partial charge < -0.3 is 5.32 Å². The Bertz CT molecular complexity index is 353. The molecule has 0 bridgehead atoms. The van der Waals surface area contributed by atoms with E-state index in [1.165, 1.54) is 0 Å². The van der Waals surface area contributed by atoms with Crippen molar-refractivity contribution in [3.05, 3.63) is 35.9 Å². The van der Waals surface area contributed by atoms with E-state index < -0.39 is 0 Å². The number of nitrogens with one attached hydrogen (secondary N) is 1. The van der Waals surface area contributed by atoms with E-state index in [4.69, 9.17) is 11.6 Å². The molecule has 1 atom stereocenters. The van der Waals surface area contributed by atoms with Gasteiger partial charge in [0.05, 0.1) is 5.92 Å². The Labute approximate surface area is 121 Å². The summed E-state index contributed by atoms with van der Waals surface area (Å²) < 4.78 is 0. The summed E-state index contributed by atoms with van der Waals surface area (Å²) >= 11 is 5.62. The minimum absolute atomic E-state index is 0.0240. The zero-order valence-electron chi connectivity index (χ0n) is 11.7.